The first-order valence-electron chi connectivity index (χ1n) is 7.30. The molecule has 0 atom stereocenters. The number of hydrogen-bond acceptors (Lipinski definition) is 3. The number of nitrogens with zero attached hydrogens (tertiary/aromatic N) is 4. The van der Waals surface area contributed by atoms with Gasteiger partial charge in [-0.25, -0.2) is 0 Å². The molecule has 0 spiro atoms. The fourth-order valence-electron chi connectivity index (χ4n) is 2.01. The molecule has 0 saturated carbocycles. The molecule has 0 aliphatic carbocycles. The third-order valence-electron chi connectivity index (χ3n) is 3.23. The summed E-state index contributed by atoms with van der Waals surface area (Å²) in [6, 6.07) is 7.79. The van der Waals surface area contributed by atoms with Gasteiger partial charge in [0.25, 0.3) is 0 Å². The SMILES string of the molecule is CN=C(NCCCCn1cnnc1)NCc1ccccc1Cl. The average molecular weight is 321 g/mol. The summed E-state index contributed by atoms with van der Waals surface area (Å²) in [7, 11) is 1.76. The number of guanidine groups is 1. The zero-order valence-electron chi connectivity index (χ0n) is 12.7. The molecule has 0 fully saturated rings. The molecule has 0 bridgehead atoms. The first kappa shape index (κ1) is 16.3. The van der Waals surface area contributed by atoms with Gasteiger partial charge < -0.3 is 15.2 Å². The largest absolute Gasteiger partial charge is 0.356 e. The third-order valence-corrected chi connectivity index (χ3v) is 3.60. The first-order valence-corrected chi connectivity index (χ1v) is 7.67. The number of benzene rings is 1. The Morgan fingerprint density at radius 1 is 1.18 bits per heavy atom. The molecular weight excluding hydrogens is 300 g/mol. The molecule has 22 heavy (non-hydrogen) atoms. The predicted octanol–water partition coefficient (Wildman–Crippen LogP) is 2.08. The van der Waals surface area contributed by atoms with Gasteiger partial charge in [-0.1, -0.05) is 29.8 Å². The van der Waals surface area contributed by atoms with Gasteiger partial charge in [0.05, 0.1) is 0 Å². The summed E-state index contributed by atoms with van der Waals surface area (Å²) in [6.45, 7) is 2.45. The van der Waals surface area contributed by atoms with Crippen molar-refractivity contribution >= 4 is 17.6 Å². The van der Waals surface area contributed by atoms with Crippen molar-refractivity contribution in [2.75, 3.05) is 13.6 Å². The number of halogens is 1. The second-order valence-electron chi connectivity index (χ2n) is 4.85. The molecule has 2 rings (SSSR count). The van der Waals surface area contributed by atoms with E-state index in [0.717, 1.165) is 42.5 Å². The van der Waals surface area contributed by atoms with E-state index in [-0.39, 0.29) is 0 Å². The molecule has 1 aromatic heterocycles. The van der Waals surface area contributed by atoms with Crippen molar-refractivity contribution in [2.24, 2.45) is 4.99 Å². The molecule has 0 saturated heterocycles. The highest BCUT2D eigenvalue weighted by atomic mass is 35.5. The highest BCUT2D eigenvalue weighted by Gasteiger charge is 2.01. The summed E-state index contributed by atoms with van der Waals surface area (Å²) in [5.41, 5.74) is 1.06. The summed E-state index contributed by atoms with van der Waals surface area (Å²) in [5.74, 6) is 0.782. The van der Waals surface area contributed by atoms with Crippen molar-refractivity contribution in [3.63, 3.8) is 0 Å². The monoisotopic (exact) mass is 320 g/mol. The Hall–Kier alpha value is -2.08. The van der Waals surface area contributed by atoms with E-state index in [1.54, 1.807) is 19.7 Å². The highest BCUT2D eigenvalue weighted by Crippen LogP contribution is 2.14. The van der Waals surface area contributed by atoms with Gasteiger partial charge >= 0.3 is 0 Å². The Morgan fingerprint density at radius 3 is 2.68 bits per heavy atom. The van der Waals surface area contributed by atoms with E-state index in [4.69, 9.17) is 11.6 Å². The molecule has 2 aromatic rings. The van der Waals surface area contributed by atoms with Crippen LogP contribution in [-0.4, -0.2) is 34.3 Å². The molecule has 0 aliphatic rings. The van der Waals surface area contributed by atoms with Crippen LogP contribution in [0.4, 0.5) is 0 Å². The minimum absolute atomic E-state index is 0.653. The summed E-state index contributed by atoms with van der Waals surface area (Å²) in [5, 5.41) is 14.9. The number of hydrogen-bond donors (Lipinski definition) is 2. The van der Waals surface area contributed by atoms with Gasteiger partial charge in [0.2, 0.25) is 0 Å². The van der Waals surface area contributed by atoms with Crippen LogP contribution >= 0.6 is 11.6 Å². The second kappa shape index (κ2) is 9.04. The minimum atomic E-state index is 0.653. The van der Waals surface area contributed by atoms with E-state index in [1.165, 1.54) is 0 Å². The van der Waals surface area contributed by atoms with E-state index in [2.05, 4.69) is 25.8 Å². The maximum Gasteiger partial charge on any atom is 0.191 e. The Morgan fingerprint density at radius 2 is 1.95 bits per heavy atom. The van der Waals surface area contributed by atoms with E-state index >= 15 is 0 Å². The van der Waals surface area contributed by atoms with Gasteiger partial charge in [0.1, 0.15) is 12.7 Å². The van der Waals surface area contributed by atoms with Crippen LogP contribution < -0.4 is 10.6 Å². The quantitative estimate of drug-likeness (QED) is 0.465. The van der Waals surface area contributed by atoms with E-state index in [9.17, 15) is 0 Å². The van der Waals surface area contributed by atoms with E-state index < -0.39 is 0 Å². The molecule has 2 N–H and O–H groups in total. The van der Waals surface area contributed by atoms with Crippen LogP contribution in [0.5, 0.6) is 0 Å². The zero-order valence-corrected chi connectivity index (χ0v) is 13.4. The van der Waals surface area contributed by atoms with Gasteiger partial charge in [0.15, 0.2) is 5.96 Å². The predicted molar refractivity (Wildman–Crippen MR) is 88.9 cm³/mol. The standard InChI is InChI=1S/C15H21ClN6/c1-17-15(19-10-13-6-2-3-7-14(13)16)18-8-4-5-9-22-11-20-21-12-22/h2-3,6-7,11-12H,4-5,8-10H2,1H3,(H2,17,18,19). The highest BCUT2D eigenvalue weighted by molar-refractivity contribution is 6.31. The Balaban J connectivity index is 1.64. The fraction of sp³-hybridized carbons (Fsp3) is 0.400. The van der Waals surface area contributed by atoms with Crippen molar-refractivity contribution in [3.05, 3.63) is 47.5 Å². The zero-order chi connectivity index (χ0) is 15.6. The van der Waals surface area contributed by atoms with Crippen LogP contribution in [0.1, 0.15) is 18.4 Å². The summed E-state index contributed by atoms with van der Waals surface area (Å²) in [4.78, 5) is 4.21. The summed E-state index contributed by atoms with van der Waals surface area (Å²) in [6.07, 6.45) is 5.58. The average Bonchev–Trinajstić information content (AvgIpc) is 3.05. The molecule has 7 heteroatoms. The van der Waals surface area contributed by atoms with Crippen molar-refractivity contribution in [2.45, 2.75) is 25.9 Å². The molecule has 0 unspecified atom stereocenters. The maximum absolute atomic E-state index is 6.13. The third kappa shape index (κ3) is 5.37. The number of nitrogens with one attached hydrogen (secondary N) is 2. The van der Waals surface area contributed by atoms with Crippen LogP contribution in [0.3, 0.4) is 0 Å². The lowest BCUT2D eigenvalue weighted by Crippen LogP contribution is -2.37. The first-order chi connectivity index (χ1) is 10.8. The topological polar surface area (TPSA) is 67.1 Å². The molecule has 0 radical (unpaired) electrons. The fourth-order valence-corrected chi connectivity index (χ4v) is 2.21. The number of aryl methyl sites for hydroxylation is 1. The molecular formula is C15H21ClN6. The molecule has 1 heterocycles. The molecule has 1 aromatic carbocycles. The van der Waals surface area contributed by atoms with Crippen LogP contribution in [0.2, 0.25) is 5.02 Å². The van der Waals surface area contributed by atoms with Crippen molar-refractivity contribution in [1.82, 2.24) is 25.4 Å². The Kier molecular flexibility index (Phi) is 6.70. The Bertz CT molecular complexity index is 581. The van der Waals surface area contributed by atoms with Gasteiger partial charge in [-0.05, 0) is 24.5 Å². The van der Waals surface area contributed by atoms with E-state index in [1.807, 2.05) is 28.8 Å². The van der Waals surface area contributed by atoms with Crippen molar-refractivity contribution < 1.29 is 0 Å². The van der Waals surface area contributed by atoms with Crippen molar-refractivity contribution in [3.8, 4) is 0 Å². The number of unbranched alkanes of at least 4 members (excludes halogenated alkanes) is 1. The minimum Gasteiger partial charge on any atom is -0.356 e. The van der Waals surface area contributed by atoms with Crippen LogP contribution in [-0.2, 0) is 13.1 Å². The normalized spacial score (nSPS) is 11.5. The van der Waals surface area contributed by atoms with Crippen molar-refractivity contribution in [1.29, 1.82) is 0 Å². The lowest BCUT2D eigenvalue weighted by Gasteiger charge is -2.12. The molecule has 0 aliphatic heterocycles. The van der Waals surface area contributed by atoms with Gasteiger partial charge in [-0.15, -0.1) is 10.2 Å². The molecule has 6 nitrogen and oxygen atoms in total. The number of rotatable bonds is 7. The van der Waals surface area contributed by atoms with Gasteiger partial charge in [-0.2, -0.15) is 0 Å². The smallest absolute Gasteiger partial charge is 0.191 e. The summed E-state index contributed by atoms with van der Waals surface area (Å²) < 4.78 is 1.98. The Labute approximate surface area is 135 Å². The number of aromatic nitrogens is 3. The second-order valence-corrected chi connectivity index (χ2v) is 5.26. The summed E-state index contributed by atoms with van der Waals surface area (Å²) >= 11 is 6.13. The number of aliphatic imine (C=N–C) groups is 1. The van der Waals surface area contributed by atoms with Crippen LogP contribution in [0, 0.1) is 0 Å². The molecule has 118 valence electrons. The van der Waals surface area contributed by atoms with Crippen LogP contribution in [0.15, 0.2) is 41.9 Å². The van der Waals surface area contributed by atoms with Gasteiger partial charge in [0, 0.05) is 31.7 Å². The van der Waals surface area contributed by atoms with Gasteiger partial charge in [-0.3, -0.25) is 4.99 Å². The lowest BCUT2D eigenvalue weighted by atomic mass is 10.2. The lowest BCUT2D eigenvalue weighted by molar-refractivity contribution is 0.597. The van der Waals surface area contributed by atoms with E-state index in [0.29, 0.717) is 6.54 Å². The maximum atomic E-state index is 6.13. The van der Waals surface area contributed by atoms with Crippen LogP contribution in [0.25, 0.3) is 0 Å². The molecule has 0 amide bonds.